The van der Waals surface area contributed by atoms with Crippen LogP contribution in [0.4, 0.5) is 17.1 Å². The highest BCUT2D eigenvalue weighted by Crippen LogP contribution is 2.47. The van der Waals surface area contributed by atoms with Gasteiger partial charge in [0.1, 0.15) is 22.3 Å². The standard InChI is InChI=1S/C43H26N2O3/c1-3-11-27(12-4-1)28-21-23-30(24-22-28)45(35-17-10-20-38-41(35)32-15-7-8-19-37(32)46-38)36-18-9-16-31-33-25-34-40(26-39(33)47-42(31)36)48-43(44-34)29-13-5-2-6-14-29/h1-26H. The number of nitrogens with zero attached hydrogens (tertiary/aromatic N) is 2. The SMILES string of the molecule is c1ccc(-c2ccc(N(c3cccc4c3oc3cc5oc(-c6ccccc6)nc5cc34)c3cccc4oc5ccccc5c34)cc2)cc1. The predicted molar refractivity (Wildman–Crippen MR) is 194 cm³/mol. The fraction of sp³-hybridized carbons (Fsp3) is 0. The Morgan fingerprint density at radius 1 is 0.417 bits per heavy atom. The molecule has 7 aromatic carbocycles. The van der Waals surface area contributed by atoms with Crippen LogP contribution in [0.2, 0.25) is 0 Å². The average molecular weight is 619 g/mol. The number of oxazole rings is 1. The van der Waals surface area contributed by atoms with Crippen LogP contribution in [0, 0.1) is 0 Å². The number of aromatic nitrogens is 1. The number of hydrogen-bond donors (Lipinski definition) is 0. The van der Waals surface area contributed by atoms with Gasteiger partial charge < -0.3 is 18.2 Å². The number of fused-ring (bicyclic) bond motifs is 7. The third kappa shape index (κ3) is 4.15. The summed E-state index contributed by atoms with van der Waals surface area (Å²) in [5.74, 6) is 0.591. The third-order valence-electron chi connectivity index (χ3n) is 9.10. The van der Waals surface area contributed by atoms with Crippen molar-refractivity contribution in [2.75, 3.05) is 4.90 Å². The second kappa shape index (κ2) is 10.5. The maximum absolute atomic E-state index is 6.75. The van der Waals surface area contributed by atoms with E-state index in [4.69, 9.17) is 18.2 Å². The summed E-state index contributed by atoms with van der Waals surface area (Å²) in [5.41, 5.74) is 10.9. The lowest BCUT2D eigenvalue weighted by atomic mass is 10.0. The predicted octanol–water partition coefficient (Wildman–Crippen LogP) is 12.4. The van der Waals surface area contributed by atoms with Crippen LogP contribution in [0.1, 0.15) is 0 Å². The highest BCUT2D eigenvalue weighted by atomic mass is 16.4. The maximum atomic E-state index is 6.75. The Morgan fingerprint density at radius 2 is 1.08 bits per heavy atom. The summed E-state index contributed by atoms with van der Waals surface area (Å²) >= 11 is 0. The molecule has 3 aromatic heterocycles. The first kappa shape index (κ1) is 26.6. The summed E-state index contributed by atoms with van der Waals surface area (Å²) in [7, 11) is 0. The Kier molecular flexibility index (Phi) is 5.81. The topological polar surface area (TPSA) is 55.6 Å². The van der Waals surface area contributed by atoms with Crippen LogP contribution in [0.3, 0.4) is 0 Å². The molecule has 0 aliphatic heterocycles. The zero-order valence-electron chi connectivity index (χ0n) is 25.6. The fourth-order valence-corrected chi connectivity index (χ4v) is 6.87. The van der Waals surface area contributed by atoms with Gasteiger partial charge in [-0.25, -0.2) is 4.98 Å². The van der Waals surface area contributed by atoms with E-state index in [1.54, 1.807) is 0 Å². The summed E-state index contributed by atoms with van der Waals surface area (Å²) in [6, 6.07) is 53.9. The van der Waals surface area contributed by atoms with E-state index in [2.05, 4.69) is 95.9 Å². The van der Waals surface area contributed by atoms with E-state index < -0.39 is 0 Å². The quantitative estimate of drug-likeness (QED) is 0.192. The molecule has 226 valence electrons. The number of benzene rings is 7. The molecular formula is C43H26N2O3. The van der Waals surface area contributed by atoms with Gasteiger partial charge in [-0.1, -0.05) is 97.1 Å². The van der Waals surface area contributed by atoms with Crippen molar-refractivity contribution >= 4 is 72.0 Å². The minimum Gasteiger partial charge on any atom is -0.456 e. The van der Waals surface area contributed by atoms with Crippen molar-refractivity contribution in [3.63, 3.8) is 0 Å². The summed E-state index contributed by atoms with van der Waals surface area (Å²) < 4.78 is 19.3. The lowest BCUT2D eigenvalue weighted by molar-refractivity contribution is 0.617. The molecule has 0 bridgehead atoms. The summed E-state index contributed by atoms with van der Waals surface area (Å²) in [6.07, 6.45) is 0. The van der Waals surface area contributed by atoms with E-state index in [1.807, 2.05) is 66.7 Å². The number of anilines is 3. The molecule has 5 heteroatoms. The van der Waals surface area contributed by atoms with Gasteiger partial charge in [0, 0.05) is 33.5 Å². The number of para-hydroxylation sites is 2. The van der Waals surface area contributed by atoms with Gasteiger partial charge >= 0.3 is 0 Å². The van der Waals surface area contributed by atoms with Gasteiger partial charge in [0.2, 0.25) is 5.89 Å². The molecule has 0 unspecified atom stereocenters. The lowest BCUT2D eigenvalue weighted by Crippen LogP contribution is -2.10. The molecule has 0 aliphatic carbocycles. The Balaban J connectivity index is 1.20. The van der Waals surface area contributed by atoms with Gasteiger partial charge in [-0.3, -0.25) is 0 Å². The molecule has 0 amide bonds. The van der Waals surface area contributed by atoms with Gasteiger partial charge in [-0.2, -0.15) is 0 Å². The Morgan fingerprint density at radius 3 is 1.92 bits per heavy atom. The molecule has 0 radical (unpaired) electrons. The lowest BCUT2D eigenvalue weighted by Gasteiger charge is -2.26. The third-order valence-corrected chi connectivity index (χ3v) is 9.10. The molecule has 3 heterocycles. The molecule has 10 rings (SSSR count). The first-order valence-corrected chi connectivity index (χ1v) is 16.0. The van der Waals surface area contributed by atoms with Gasteiger partial charge in [-0.05, 0) is 65.7 Å². The first-order valence-electron chi connectivity index (χ1n) is 16.0. The van der Waals surface area contributed by atoms with Crippen molar-refractivity contribution < 1.29 is 13.3 Å². The van der Waals surface area contributed by atoms with Gasteiger partial charge in [0.05, 0.1) is 16.8 Å². The maximum Gasteiger partial charge on any atom is 0.227 e. The number of rotatable bonds is 5. The summed E-state index contributed by atoms with van der Waals surface area (Å²) in [4.78, 5) is 7.11. The molecule has 0 N–H and O–H groups in total. The van der Waals surface area contributed by atoms with Crippen molar-refractivity contribution in [1.29, 1.82) is 0 Å². The van der Waals surface area contributed by atoms with Crippen LogP contribution >= 0.6 is 0 Å². The number of hydrogen-bond acceptors (Lipinski definition) is 5. The number of furan rings is 2. The monoisotopic (exact) mass is 618 g/mol. The molecule has 10 aromatic rings. The zero-order valence-corrected chi connectivity index (χ0v) is 25.6. The minimum absolute atomic E-state index is 0.591. The minimum atomic E-state index is 0.591. The largest absolute Gasteiger partial charge is 0.456 e. The van der Waals surface area contributed by atoms with E-state index in [0.717, 1.165) is 77.6 Å². The normalized spacial score (nSPS) is 11.8. The highest BCUT2D eigenvalue weighted by Gasteiger charge is 2.24. The zero-order chi connectivity index (χ0) is 31.6. The van der Waals surface area contributed by atoms with Crippen molar-refractivity contribution in [1.82, 2.24) is 4.98 Å². The molecule has 0 saturated heterocycles. The van der Waals surface area contributed by atoms with Crippen LogP contribution in [-0.4, -0.2) is 4.98 Å². The fourth-order valence-electron chi connectivity index (χ4n) is 6.87. The molecule has 48 heavy (non-hydrogen) atoms. The van der Waals surface area contributed by atoms with Crippen LogP contribution in [0.15, 0.2) is 171 Å². The van der Waals surface area contributed by atoms with Gasteiger partial charge in [0.25, 0.3) is 0 Å². The van der Waals surface area contributed by atoms with E-state index in [1.165, 1.54) is 5.56 Å². The summed E-state index contributed by atoms with van der Waals surface area (Å²) in [6.45, 7) is 0. The van der Waals surface area contributed by atoms with E-state index >= 15 is 0 Å². The van der Waals surface area contributed by atoms with Crippen molar-refractivity contribution in [2.24, 2.45) is 0 Å². The van der Waals surface area contributed by atoms with E-state index in [-0.39, 0.29) is 0 Å². The second-order valence-electron chi connectivity index (χ2n) is 12.0. The molecule has 0 atom stereocenters. The average Bonchev–Trinajstić information content (AvgIpc) is 3.85. The van der Waals surface area contributed by atoms with Gasteiger partial charge in [-0.15, -0.1) is 0 Å². The van der Waals surface area contributed by atoms with Crippen LogP contribution in [0.25, 0.3) is 77.6 Å². The van der Waals surface area contributed by atoms with Crippen molar-refractivity contribution in [3.05, 3.63) is 158 Å². The van der Waals surface area contributed by atoms with Crippen LogP contribution in [0.5, 0.6) is 0 Å². The van der Waals surface area contributed by atoms with Gasteiger partial charge in [0.15, 0.2) is 11.2 Å². The summed E-state index contributed by atoms with van der Waals surface area (Å²) in [5, 5.41) is 4.09. The van der Waals surface area contributed by atoms with Crippen LogP contribution in [-0.2, 0) is 0 Å². The first-order chi connectivity index (χ1) is 23.8. The highest BCUT2D eigenvalue weighted by molar-refractivity contribution is 6.16. The Labute approximate surface area is 274 Å². The van der Waals surface area contributed by atoms with Crippen LogP contribution < -0.4 is 4.90 Å². The molecular weight excluding hydrogens is 592 g/mol. The molecule has 5 nitrogen and oxygen atoms in total. The Hall–Kier alpha value is -6.59. The molecule has 0 aliphatic rings. The molecule has 0 saturated carbocycles. The molecule has 0 fully saturated rings. The van der Waals surface area contributed by atoms with E-state index in [9.17, 15) is 0 Å². The smallest absolute Gasteiger partial charge is 0.227 e. The van der Waals surface area contributed by atoms with Crippen molar-refractivity contribution in [2.45, 2.75) is 0 Å². The van der Waals surface area contributed by atoms with E-state index in [0.29, 0.717) is 11.5 Å². The second-order valence-corrected chi connectivity index (χ2v) is 12.0. The Bertz CT molecular complexity index is 2770. The molecule has 0 spiro atoms. The van der Waals surface area contributed by atoms with Crippen molar-refractivity contribution in [3.8, 4) is 22.6 Å².